The Morgan fingerprint density at radius 2 is 0.481 bits per heavy atom. The van der Waals surface area contributed by atoms with E-state index in [0.717, 1.165) is 34.9 Å². The van der Waals surface area contributed by atoms with Gasteiger partial charge in [0.15, 0.2) is 0 Å². The van der Waals surface area contributed by atoms with E-state index in [4.69, 9.17) is 0 Å². The second-order valence-electron chi connectivity index (χ2n) is 10.5. The van der Waals surface area contributed by atoms with E-state index >= 15 is 0 Å². The SMILES string of the molecule is CCC(C)[BH-](C(C)CC)C(C)CC.CCC(C)[BH-](C(C)CC)C(C)CC.[Zn+2]. The van der Waals surface area contributed by atoms with Gasteiger partial charge in [0.1, 0.15) is 0 Å². The van der Waals surface area contributed by atoms with Crippen LogP contribution in [0.1, 0.15) is 122 Å². The summed E-state index contributed by atoms with van der Waals surface area (Å²) in [5.41, 5.74) is 0. The summed E-state index contributed by atoms with van der Waals surface area (Å²) < 4.78 is 0. The molecule has 27 heavy (non-hydrogen) atoms. The van der Waals surface area contributed by atoms with Crippen LogP contribution < -0.4 is 0 Å². The van der Waals surface area contributed by atoms with Gasteiger partial charge in [0.25, 0.3) is 0 Å². The van der Waals surface area contributed by atoms with Crippen molar-refractivity contribution in [2.24, 2.45) is 0 Å². The molecule has 0 aromatic rings. The van der Waals surface area contributed by atoms with Gasteiger partial charge in [0, 0.05) is 0 Å². The molecule has 0 aromatic heterocycles. The Morgan fingerprint density at radius 3 is 0.556 bits per heavy atom. The van der Waals surface area contributed by atoms with Gasteiger partial charge < -0.3 is 0 Å². The van der Waals surface area contributed by atoms with Crippen LogP contribution in [-0.2, 0) is 19.5 Å². The molecule has 0 aliphatic heterocycles. The predicted octanol–water partition coefficient (Wildman–Crippen LogP) is 9.23. The molecule has 6 unspecified atom stereocenters. The third-order valence-electron chi connectivity index (χ3n) is 9.01. The van der Waals surface area contributed by atoms with Crippen molar-refractivity contribution in [2.45, 2.75) is 157 Å². The van der Waals surface area contributed by atoms with E-state index in [1.807, 2.05) is 0 Å². The first-order valence-electron chi connectivity index (χ1n) is 12.6. The van der Waals surface area contributed by atoms with E-state index in [1.165, 1.54) is 38.5 Å². The molecule has 0 saturated heterocycles. The van der Waals surface area contributed by atoms with Crippen molar-refractivity contribution in [1.29, 1.82) is 0 Å². The fraction of sp³-hybridized carbons (Fsp3) is 1.00. The van der Waals surface area contributed by atoms with Crippen LogP contribution in [0.3, 0.4) is 0 Å². The van der Waals surface area contributed by atoms with Crippen LogP contribution in [0, 0.1) is 0 Å². The minimum Gasteiger partial charge on any atom is -0.172 e. The Hall–Kier alpha value is 0.753. The van der Waals surface area contributed by atoms with Crippen LogP contribution >= 0.6 is 0 Å². The number of hydrogen-bond donors (Lipinski definition) is 0. The van der Waals surface area contributed by atoms with Gasteiger partial charge in [-0.05, 0) is 13.4 Å². The summed E-state index contributed by atoms with van der Waals surface area (Å²) in [5, 5.41) is 0. The molecule has 0 bridgehead atoms. The Morgan fingerprint density at radius 1 is 0.370 bits per heavy atom. The molecule has 0 aliphatic carbocycles. The van der Waals surface area contributed by atoms with Gasteiger partial charge in [-0.3, -0.25) is 0 Å². The van der Waals surface area contributed by atoms with Gasteiger partial charge in [0.05, 0.1) is 0 Å². The molecule has 0 radical (unpaired) electrons. The summed E-state index contributed by atoms with van der Waals surface area (Å²) in [6.07, 6.45) is 8.22. The van der Waals surface area contributed by atoms with Crippen LogP contribution in [0.25, 0.3) is 0 Å². The van der Waals surface area contributed by atoms with E-state index in [1.54, 1.807) is 0 Å². The fourth-order valence-corrected chi connectivity index (χ4v) is 6.12. The topological polar surface area (TPSA) is 0 Å². The first kappa shape index (κ1) is 32.4. The van der Waals surface area contributed by atoms with E-state index in [9.17, 15) is 0 Å². The molecule has 0 nitrogen and oxygen atoms in total. The second kappa shape index (κ2) is 18.8. The minimum absolute atomic E-state index is 0. The fourth-order valence-electron chi connectivity index (χ4n) is 6.12. The Bertz CT molecular complexity index is 233. The van der Waals surface area contributed by atoms with Crippen molar-refractivity contribution in [3.8, 4) is 0 Å². The summed E-state index contributed by atoms with van der Waals surface area (Å²) in [6, 6.07) is 0. The molecule has 6 atom stereocenters. The van der Waals surface area contributed by atoms with E-state index in [-0.39, 0.29) is 32.9 Å². The molecule has 0 N–H and O–H groups in total. The maximum atomic E-state index is 2.46. The van der Waals surface area contributed by atoms with Crippen molar-refractivity contribution in [3.05, 3.63) is 0 Å². The van der Waals surface area contributed by atoms with Gasteiger partial charge >= 0.3 is 19.5 Å². The molecule has 0 saturated carbocycles. The predicted molar refractivity (Wildman–Crippen MR) is 133 cm³/mol. The van der Waals surface area contributed by atoms with Crippen LogP contribution in [-0.4, -0.2) is 13.4 Å². The average Bonchev–Trinajstić information content (AvgIpc) is 2.67. The van der Waals surface area contributed by atoms with E-state index in [2.05, 4.69) is 83.1 Å². The summed E-state index contributed by atoms with van der Waals surface area (Å²) >= 11 is 0. The number of hydrogen-bond acceptors (Lipinski definition) is 0. The zero-order valence-corrected chi connectivity index (χ0v) is 24.8. The van der Waals surface area contributed by atoms with Gasteiger partial charge in [-0.1, -0.05) is 122 Å². The minimum atomic E-state index is 0. The van der Waals surface area contributed by atoms with E-state index < -0.39 is 0 Å². The third kappa shape index (κ3) is 12.1. The molecule has 0 rings (SSSR count). The van der Waals surface area contributed by atoms with Crippen molar-refractivity contribution in [1.82, 2.24) is 0 Å². The summed E-state index contributed by atoms with van der Waals surface area (Å²) in [5.74, 6) is 5.86. The monoisotopic (exact) mass is 430 g/mol. The molecular formula is C24H56B2Zn. The first-order chi connectivity index (χ1) is 12.2. The van der Waals surface area contributed by atoms with Crippen LogP contribution in [0.2, 0.25) is 34.9 Å². The Labute approximate surface area is 189 Å². The molecule has 0 heterocycles. The zero-order chi connectivity index (χ0) is 20.9. The van der Waals surface area contributed by atoms with Crippen molar-refractivity contribution >= 4 is 13.4 Å². The largest absolute Gasteiger partial charge is 2.00 e. The standard InChI is InChI=1S/2C12H28B.Zn/c2*1-7-10(4)13(11(5)8-2)12(6)9-3;/h2*10-13H,7-9H2,1-6H3;/q2*-1;+2. The normalized spacial score (nSPS) is 20.0. The molecule has 3 heteroatoms. The van der Waals surface area contributed by atoms with Crippen molar-refractivity contribution in [2.75, 3.05) is 0 Å². The summed E-state index contributed by atoms with van der Waals surface area (Å²) in [6.45, 7) is 28.9. The third-order valence-corrected chi connectivity index (χ3v) is 9.01. The van der Waals surface area contributed by atoms with Gasteiger partial charge in [-0.15, -0.1) is 0 Å². The van der Waals surface area contributed by atoms with Crippen LogP contribution in [0.4, 0.5) is 0 Å². The molecule has 0 fully saturated rings. The molecule has 0 amide bonds. The van der Waals surface area contributed by atoms with Crippen LogP contribution in [0.5, 0.6) is 0 Å². The maximum absolute atomic E-state index is 2.46. The summed E-state index contributed by atoms with van der Waals surface area (Å²) in [4.78, 5) is 0. The van der Waals surface area contributed by atoms with Crippen LogP contribution in [0.15, 0.2) is 0 Å². The first-order valence-corrected chi connectivity index (χ1v) is 12.6. The number of rotatable bonds is 12. The molecule has 0 aliphatic rings. The quantitative estimate of drug-likeness (QED) is 0.270. The summed E-state index contributed by atoms with van der Waals surface area (Å²) in [7, 11) is 0. The maximum Gasteiger partial charge on any atom is 2.00 e. The van der Waals surface area contributed by atoms with Crippen molar-refractivity contribution in [3.63, 3.8) is 0 Å². The Kier molecular flexibility index (Phi) is 22.5. The molecule has 160 valence electrons. The Balaban J connectivity index is -0.000000411. The molecule has 0 aromatic carbocycles. The zero-order valence-electron chi connectivity index (χ0n) is 21.8. The average molecular weight is 432 g/mol. The molecule has 0 spiro atoms. The van der Waals surface area contributed by atoms with Crippen molar-refractivity contribution < 1.29 is 19.5 Å². The molecular weight excluding hydrogens is 375 g/mol. The van der Waals surface area contributed by atoms with Gasteiger partial charge in [-0.25, -0.2) is 0 Å². The smallest absolute Gasteiger partial charge is 0.172 e. The van der Waals surface area contributed by atoms with E-state index in [0.29, 0.717) is 0 Å². The second-order valence-corrected chi connectivity index (χ2v) is 10.5. The van der Waals surface area contributed by atoms with Gasteiger partial charge in [0.2, 0.25) is 0 Å². The van der Waals surface area contributed by atoms with Gasteiger partial charge in [-0.2, -0.15) is 34.9 Å².